The minimum atomic E-state index is 0.197. The predicted molar refractivity (Wildman–Crippen MR) is 83.8 cm³/mol. The molecule has 0 atom stereocenters. The SMILES string of the molecule is Nc1nc(NC2CCCCC2)c(N=O)c(N2CCCC2)n1. The van der Waals surface area contributed by atoms with Gasteiger partial charge in [0.05, 0.1) is 0 Å². The van der Waals surface area contributed by atoms with E-state index in [4.69, 9.17) is 5.73 Å². The summed E-state index contributed by atoms with van der Waals surface area (Å²) in [6.07, 6.45) is 8.10. The third-order valence-electron chi connectivity index (χ3n) is 4.33. The first-order chi connectivity index (χ1) is 10.3. The standard InChI is InChI=1S/C14H22N6O/c15-14-17-12(16-10-6-2-1-3-7-10)11(19-21)13(18-14)20-8-4-5-9-20/h10H,1-9H2,(H3,15,16,17,18). The maximum Gasteiger partial charge on any atom is 0.224 e. The fourth-order valence-electron chi connectivity index (χ4n) is 3.23. The second kappa shape index (κ2) is 6.24. The van der Waals surface area contributed by atoms with Crippen molar-refractivity contribution in [1.29, 1.82) is 0 Å². The van der Waals surface area contributed by atoms with Crippen LogP contribution in [-0.4, -0.2) is 29.1 Å². The number of nitrogen functional groups attached to an aromatic ring is 1. The molecule has 2 heterocycles. The van der Waals surface area contributed by atoms with Crippen molar-refractivity contribution in [2.75, 3.05) is 29.0 Å². The maximum atomic E-state index is 11.3. The smallest absolute Gasteiger partial charge is 0.224 e. The Bertz CT molecular complexity index is 508. The third-order valence-corrected chi connectivity index (χ3v) is 4.33. The van der Waals surface area contributed by atoms with Gasteiger partial charge in [0, 0.05) is 19.1 Å². The number of nitrogens with two attached hydrogens (primary N) is 1. The maximum absolute atomic E-state index is 11.3. The number of anilines is 3. The normalized spacial score (nSPS) is 19.7. The molecule has 1 aliphatic carbocycles. The van der Waals surface area contributed by atoms with Crippen molar-refractivity contribution in [3.05, 3.63) is 4.91 Å². The van der Waals surface area contributed by atoms with Gasteiger partial charge in [0.25, 0.3) is 0 Å². The lowest BCUT2D eigenvalue weighted by Crippen LogP contribution is -2.25. The van der Waals surface area contributed by atoms with Crippen LogP contribution < -0.4 is 16.0 Å². The van der Waals surface area contributed by atoms with Crippen molar-refractivity contribution in [1.82, 2.24) is 9.97 Å². The van der Waals surface area contributed by atoms with Crippen LogP contribution in [-0.2, 0) is 0 Å². The minimum absolute atomic E-state index is 0.197. The predicted octanol–water partition coefficient (Wildman–Crippen LogP) is 2.80. The number of nitroso groups, excluding NO2 is 1. The van der Waals surface area contributed by atoms with E-state index in [-0.39, 0.29) is 5.95 Å². The molecule has 0 spiro atoms. The molecule has 1 saturated carbocycles. The van der Waals surface area contributed by atoms with Gasteiger partial charge < -0.3 is 16.0 Å². The lowest BCUT2D eigenvalue weighted by atomic mass is 9.95. The second-order valence-electron chi connectivity index (χ2n) is 5.87. The van der Waals surface area contributed by atoms with Crippen molar-refractivity contribution in [3.8, 4) is 0 Å². The van der Waals surface area contributed by atoms with Gasteiger partial charge in [-0.05, 0) is 30.9 Å². The molecule has 2 aliphatic rings. The molecular weight excluding hydrogens is 268 g/mol. The van der Waals surface area contributed by atoms with Crippen molar-refractivity contribution >= 4 is 23.3 Å². The zero-order valence-corrected chi connectivity index (χ0v) is 12.2. The van der Waals surface area contributed by atoms with E-state index in [9.17, 15) is 4.91 Å². The highest BCUT2D eigenvalue weighted by Gasteiger charge is 2.24. The highest BCUT2D eigenvalue weighted by atomic mass is 16.3. The van der Waals surface area contributed by atoms with Gasteiger partial charge in [-0.25, -0.2) is 0 Å². The first kappa shape index (κ1) is 14.0. The first-order valence-corrected chi connectivity index (χ1v) is 7.80. The molecule has 3 N–H and O–H groups in total. The van der Waals surface area contributed by atoms with Crippen LogP contribution in [0.25, 0.3) is 0 Å². The Labute approximate surface area is 124 Å². The summed E-state index contributed by atoms with van der Waals surface area (Å²) in [4.78, 5) is 21.8. The van der Waals surface area contributed by atoms with Gasteiger partial charge in [0.1, 0.15) is 0 Å². The van der Waals surface area contributed by atoms with Crippen LogP contribution in [0.5, 0.6) is 0 Å². The molecule has 1 saturated heterocycles. The van der Waals surface area contributed by atoms with E-state index in [0.717, 1.165) is 38.8 Å². The molecule has 114 valence electrons. The van der Waals surface area contributed by atoms with Crippen LogP contribution in [0.3, 0.4) is 0 Å². The Morgan fingerprint density at radius 2 is 1.81 bits per heavy atom. The summed E-state index contributed by atoms with van der Waals surface area (Å²) < 4.78 is 0. The molecule has 0 amide bonds. The van der Waals surface area contributed by atoms with Crippen molar-refractivity contribution in [2.45, 2.75) is 51.0 Å². The van der Waals surface area contributed by atoms with Gasteiger partial charge in [-0.3, -0.25) is 0 Å². The van der Waals surface area contributed by atoms with E-state index in [1.54, 1.807) is 0 Å². The van der Waals surface area contributed by atoms with E-state index >= 15 is 0 Å². The van der Waals surface area contributed by atoms with Crippen LogP contribution in [0.2, 0.25) is 0 Å². The van der Waals surface area contributed by atoms with E-state index in [1.807, 2.05) is 0 Å². The third kappa shape index (κ3) is 3.06. The minimum Gasteiger partial charge on any atom is -0.368 e. The van der Waals surface area contributed by atoms with Crippen molar-refractivity contribution in [3.63, 3.8) is 0 Å². The summed E-state index contributed by atoms with van der Waals surface area (Å²) in [5, 5.41) is 6.54. The van der Waals surface area contributed by atoms with Gasteiger partial charge >= 0.3 is 0 Å². The Kier molecular flexibility index (Phi) is 4.17. The van der Waals surface area contributed by atoms with E-state index < -0.39 is 0 Å². The molecule has 2 fully saturated rings. The van der Waals surface area contributed by atoms with Gasteiger partial charge in [0.2, 0.25) is 5.95 Å². The summed E-state index contributed by atoms with van der Waals surface area (Å²) in [5.74, 6) is 1.27. The first-order valence-electron chi connectivity index (χ1n) is 7.80. The van der Waals surface area contributed by atoms with Crippen molar-refractivity contribution in [2.24, 2.45) is 5.18 Å². The molecule has 21 heavy (non-hydrogen) atoms. The number of rotatable bonds is 4. The molecule has 7 heteroatoms. The number of hydrogen-bond acceptors (Lipinski definition) is 7. The Morgan fingerprint density at radius 3 is 2.48 bits per heavy atom. The molecule has 1 aliphatic heterocycles. The van der Waals surface area contributed by atoms with Crippen LogP contribution in [0.15, 0.2) is 5.18 Å². The number of nitrogens with one attached hydrogen (secondary N) is 1. The molecule has 0 radical (unpaired) electrons. The Morgan fingerprint density at radius 1 is 1.10 bits per heavy atom. The van der Waals surface area contributed by atoms with Gasteiger partial charge in [0.15, 0.2) is 17.3 Å². The zero-order chi connectivity index (χ0) is 14.7. The van der Waals surface area contributed by atoms with E-state index in [2.05, 4.69) is 25.4 Å². The van der Waals surface area contributed by atoms with Crippen LogP contribution in [0.1, 0.15) is 44.9 Å². The quantitative estimate of drug-likeness (QED) is 0.828. The summed E-state index contributed by atoms with van der Waals surface area (Å²) in [7, 11) is 0. The summed E-state index contributed by atoms with van der Waals surface area (Å²) in [6, 6.07) is 0.347. The number of aromatic nitrogens is 2. The summed E-state index contributed by atoms with van der Waals surface area (Å²) in [6.45, 7) is 1.78. The monoisotopic (exact) mass is 290 g/mol. The number of hydrogen-bond donors (Lipinski definition) is 2. The topological polar surface area (TPSA) is 96.5 Å². The zero-order valence-electron chi connectivity index (χ0n) is 12.2. The van der Waals surface area contributed by atoms with Gasteiger partial charge in [-0.2, -0.15) is 9.97 Å². The molecule has 0 bridgehead atoms. The Balaban J connectivity index is 1.88. The summed E-state index contributed by atoms with van der Waals surface area (Å²) in [5.41, 5.74) is 6.13. The molecule has 0 unspecified atom stereocenters. The molecule has 1 aromatic rings. The van der Waals surface area contributed by atoms with Crippen molar-refractivity contribution < 1.29 is 0 Å². The average Bonchev–Trinajstić information content (AvgIpc) is 3.02. The fraction of sp³-hybridized carbons (Fsp3) is 0.714. The van der Waals surface area contributed by atoms with Crippen LogP contribution >= 0.6 is 0 Å². The van der Waals surface area contributed by atoms with E-state index in [1.165, 1.54) is 19.3 Å². The average molecular weight is 290 g/mol. The lowest BCUT2D eigenvalue weighted by molar-refractivity contribution is 0.462. The highest BCUT2D eigenvalue weighted by Crippen LogP contribution is 2.36. The molecule has 1 aromatic heterocycles. The molecule has 3 rings (SSSR count). The second-order valence-corrected chi connectivity index (χ2v) is 5.87. The largest absolute Gasteiger partial charge is 0.368 e. The fourth-order valence-corrected chi connectivity index (χ4v) is 3.23. The van der Waals surface area contributed by atoms with Gasteiger partial charge in [-0.1, -0.05) is 19.3 Å². The van der Waals surface area contributed by atoms with E-state index in [0.29, 0.717) is 23.4 Å². The lowest BCUT2D eigenvalue weighted by Gasteiger charge is -2.25. The van der Waals surface area contributed by atoms with Crippen LogP contribution in [0.4, 0.5) is 23.3 Å². The molecule has 0 aromatic carbocycles. The Hall–Kier alpha value is -1.92. The van der Waals surface area contributed by atoms with Gasteiger partial charge in [-0.15, -0.1) is 4.91 Å². The molecule has 7 nitrogen and oxygen atoms in total. The molecular formula is C14H22N6O. The van der Waals surface area contributed by atoms with Crippen LogP contribution in [0, 0.1) is 4.91 Å². The number of nitrogens with zero attached hydrogens (tertiary/aromatic N) is 4. The summed E-state index contributed by atoms with van der Waals surface area (Å²) >= 11 is 0. The highest BCUT2D eigenvalue weighted by molar-refractivity contribution is 5.76.